The number of fused-ring (bicyclic) bond motifs is 1. The fourth-order valence-corrected chi connectivity index (χ4v) is 9.25. The first kappa shape index (κ1) is 45.7. The van der Waals surface area contributed by atoms with E-state index in [2.05, 4.69) is 29.1 Å². The Hall–Kier alpha value is -4.83. The van der Waals surface area contributed by atoms with E-state index < -0.39 is 89.4 Å². The number of amides is 1. The fraction of sp³-hybridized carbons (Fsp3) is 0.587. The predicted octanol–water partition coefficient (Wildman–Crippen LogP) is 4.34. The van der Waals surface area contributed by atoms with E-state index in [1.807, 2.05) is 0 Å². The molecule has 332 valence electrons. The Morgan fingerprint density at radius 3 is 2.28 bits per heavy atom. The number of ether oxygens (including phenoxy) is 3. The van der Waals surface area contributed by atoms with E-state index in [9.17, 15) is 39.9 Å². The van der Waals surface area contributed by atoms with Crippen molar-refractivity contribution in [2.75, 3.05) is 31.6 Å². The third kappa shape index (κ3) is 8.54. The molecule has 0 aliphatic carbocycles. The van der Waals surface area contributed by atoms with Crippen LogP contribution in [0.3, 0.4) is 0 Å². The van der Waals surface area contributed by atoms with Crippen LogP contribution in [0.4, 0.5) is 5.69 Å². The number of aliphatic hydroxyl groups excluding tert-OH is 3. The van der Waals surface area contributed by atoms with Crippen LogP contribution in [0, 0.1) is 42.4 Å². The van der Waals surface area contributed by atoms with Gasteiger partial charge in [0.2, 0.25) is 0 Å². The van der Waals surface area contributed by atoms with Crippen LogP contribution in [0.2, 0.25) is 0 Å². The lowest BCUT2D eigenvalue weighted by Crippen LogP contribution is -2.47. The Morgan fingerprint density at radius 1 is 0.984 bits per heavy atom. The van der Waals surface area contributed by atoms with Crippen molar-refractivity contribution in [1.82, 2.24) is 4.90 Å². The molecular formula is C46H62N4O11. The van der Waals surface area contributed by atoms with E-state index in [1.165, 1.54) is 32.3 Å². The number of piperidine rings is 1. The largest absolute Gasteiger partial charge is 0.507 e. The van der Waals surface area contributed by atoms with Crippen LogP contribution >= 0.6 is 0 Å². The van der Waals surface area contributed by atoms with Gasteiger partial charge in [0.15, 0.2) is 5.75 Å². The molecule has 6 rings (SSSR count). The third-order valence-electron chi connectivity index (χ3n) is 13.1. The van der Waals surface area contributed by atoms with Gasteiger partial charge in [-0.15, -0.1) is 0 Å². The molecule has 15 nitrogen and oxygen atoms in total. The highest BCUT2D eigenvalue weighted by Crippen LogP contribution is 2.51. The normalized spacial score (nSPS) is 31.3. The van der Waals surface area contributed by atoms with Gasteiger partial charge in [-0.25, -0.2) is 4.99 Å². The number of ketones is 1. The monoisotopic (exact) mass is 846 g/mol. The first-order valence-corrected chi connectivity index (χ1v) is 21.3. The lowest BCUT2D eigenvalue weighted by molar-refractivity contribution is -0.159. The second-order valence-electron chi connectivity index (χ2n) is 18.1. The van der Waals surface area contributed by atoms with Crippen LogP contribution in [-0.4, -0.2) is 104 Å². The number of hydrogen-bond acceptors (Lipinski definition) is 14. The van der Waals surface area contributed by atoms with Gasteiger partial charge in [-0.1, -0.05) is 59.8 Å². The van der Waals surface area contributed by atoms with E-state index in [4.69, 9.17) is 19.2 Å². The van der Waals surface area contributed by atoms with Crippen molar-refractivity contribution in [3.63, 3.8) is 0 Å². The van der Waals surface area contributed by atoms with E-state index in [1.54, 1.807) is 53.7 Å². The number of aromatic hydroxyl groups is 2. The van der Waals surface area contributed by atoms with Crippen molar-refractivity contribution >= 4 is 34.1 Å². The van der Waals surface area contributed by atoms with E-state index in [0.29, 0.717) is 37.5 Å². The van der Waals surface area contributed by atoms with Crippen molar-refractivity contribution in [2.24, 2.45) is 45.5 Å². The summed E-state index contributed by atoms with van der Waals surface area (Å²) in [4.78, 5) is 52.8. The maximum atomic E-state index is 14.7. The van der Waals surface area contributed by atoms with Gasteiger partial charge >= 0.3 is 11.8 Å². The van der Waals surface area contributed by atoms with E-state index in [-0.39, 0.29) is 49.7 Å². The Morgan fingerprint density at radius 2 is 1.66 bits per heavy atom. The zero-order valence-electron chi connectivity index (χ0n) is 36.9. The highest BCUT2D eigenvalue weighted by molar-refractivity contribution is 6.21. The molecule has 6 N–H and O–H groups in total. The number of aliphatic hydroxyl groups is 3. The van der Waals surface area contributed by atoms with E-state index >= 15 is 0 Å². The van der Waals surface area contributed by atoms with Gasteiger partial charge in [0.05, 0.1) is 35.1 Å². The molecule has 1 spiro atoms. The zero-order chi connectivity index (χ0) is 44.9. The summed E-state index contributed by atoms with van der Waals surface area (Å²) in [5, 5.41) is 61.0. The Balaban J connectivity index is 1.55. The summed E-state index contributed by atoms with van der Waals surface area (Å²) in [7, 11) is 0. The van der Waals surface area contributed by atoms with Crippen molar-refractivity contribution < 1.29 is 54.1 Å². The van der Waals surface area contributed by atoms with Gasteiger partial charge < -0.3 is 50.0 Å². The topological polar surface area (TPSA) is 220 Å². The number of likely N-dealkylation sites (tertiary alicyclic amines) is 1. The molecule has 1 saturated heterocycles. The fourth-order valence-electron chi connectivity index (χ4n) is 9.25. The molecule has 61 heavy (non-hydrogen) atoms. The first-order chi connectivity index (χ1) is 28.6. The maximum absolute atomic E-state index is 14.7. The van der Waals surface area contributed by atoms with Gasteiger partial charge in [-0.3, -0.25) is 19.4 Å². The second kappa shape index (κ2) is 17.5. The second-order valence-corrected chi connectivity index (χ2v) is 18.1. The first-order valence-electron chi connectivity index (χ1n) is 21.3. The average molecular weight is 847 g/mol. The number of hydrogen-bond donors (Lipinski definition) is 6. The number of allylic oxidation sites excluding steroid dienone is 2. The molecule has 0 radical (unpaired) electrons. The number of carbonyl (C=O) groups excluding carboxylic acids is 3. The number of nitrogens with one attached hydrogen (secondary N) is 1. The van der Waals surface area contributed by atoms with Crippen LogP contribution in [0.5, 0.6) is 17.2 Å². The number of benzene rings is 2. The predicted molar refractivity (Wildman–Crippen MR) is 227 cm³/mol. The van der Waals surface area contributed by atoms with Crippen molar-refractivity contribution in [1.29, 1.82) is 0 Å². The summed E-state index contributed by atoms with van der Waals surface area (Å²) in [6, 6.07) is 0. The molecule has 0 aromatic heterocycles. The van der Waals surface area contributed by atoms with Crippen LogP contribution in [0.15, 0.2) is 46.1 Å². The minimum absolute atomic E-state index is 0.0357. The number of esters is 1. The zero-order valence-corrected chi connectivity index (χ0v) is 36.9. The lowest BCUT2D eigenvalue weighted by atomic mass is 9.76. The van der Waals surface area contributed by atoms with Crippen LogP contribution in [0.1, 0.15) is 91.1 Å². The standard InChI is InChI=1S/C46H62N4O11/c1-22(2)20-50-17-15-46(16-18-50)48-34-31-32-39(55)28(8)42-33(31)43(57)45(10,61-42)59-19-14-30(21-51)25(5)41(60-29(9)52)27(7)38(54)26(6)37(53)23(3)12-11-13-24(4)44(58)47-36(40(32)56)35(34)49-46/h11-14,19,22-23,25-27,30,37-38,41,48,51,53-56H,15-18,20-21H2,1-10H3/b12-11-,19-14?,24-13?,47-36?/t23-,25+,26+,27+,30+,37-,38?,41+,45-/m0/s1. The van der Waals surface area contributed by atoms with Crippen molar-refractivity contribution in [2.45, 2.75) is 112 Å². The van der Waals surface area contributed by atoms with Crippen LogP contribution < -0.4 is 20.8 Å². The van der Waals surface area contributed by atoms with Crippen molar-refractivity contribution in [3.05, 3.63) is 58.0 Å². The number of carbonyl (C=O) groups is 3. The molecule has 9 atom stereocenters. The smallest absolute Gasteiger partial charge is 0.312 e. The quantitative estimate of drug-likeness (QED) is 0.187. The molecule has 15 heteroatoms. The van der Waals surface area contributed by atoms with Gasteiger partial charge in [0.25, 0.3) is 11.7 Å². The molecule has 1 amide bonds. The maximum Gasteiger partial charge on any atom is 0.312 e. The molecule has 4 aliphatic heterocycles. The average Bonchev–Trinajstić information content (AvgIpc) is 3.71. The Kier molecular flexibility index (Phi) is 13.1. The molecular weight excluding hydrogens is 785 g/mol. The molecule has 4 aliphatic rings. The number of phenolic OH excluding ortho intramolecular Hbond substituents is 2. The summed E-state index contributed by atoms with van der Waals surface area (Å²) in [6.45, 7) is 19.0. The number of nitrogens with zero attached hydrogens (tertiary/aromatic N) is 3. The Bertz CT molecular complexity index is 2300. The summed E-state index contributed by atoms with van der Waals surface area (Å²) in [5.74, 6) is -7.49. The number of anilines is 1. The van der Waals surface area contributed by atoms with Crippen LogP contribution in [0.25, 0.3) is 10.8 Å². The highest BCUT2D eigenvalue weighted by Gasteiger charge is 2.50. The van der Waals surface area contributed by atoms with Gasteiger partial charge in [0.1, 0.15) is 34.0 Å². The Labute approximate surface area is 356 Å². The number of Topliss-reactive ketones (excluding diaryl/α,β-unsaturated/α-hetero) is 1. The number of phenols is 2. The van der Waals surface area contributed by atoms with Gasteiger partial charge in [0, 0.05) is 99.0 Å². The third-order valence-corrected chi connectivity index (χ3v) is 13.1. The van der Waals surface area contributed by atoms with E-state index in [0.717, 1.165) is 6.54 Å². The molecule has 1 unspecified atom stereocenters. The summed E-state index contributed by atoms with van der Waals surface area (Å²) in [6.07, 6.45) is 5.63. The minimum atomic E-state index is -1.98. The lowest BCUT2D eigenvalue weighted by Gasteiger charge is -2.38. The highest BCUT2D eigenvalue weighted by atomic mass is 16.7. The SMILES string of the molecule is CC(=O)O[C@@H]1[C@H](C)[C@@H](CO)C=CO[C@@]2(C)Oc3c(C)c(O)c4c(O)c(c5c(c4c3C2=O)NC2(CCN(CC(C)C)CC2)N=5)=NC(=O)C(C)=C/C=C\[C@H](C)[C@H](O)[C@@H](C)C(O)[C@H]1C. The summed E-state index contributed by atoms with van der Waals surface area (Å²) >= 11 is 0. The molecule has 1 fully saturated rings. The summed E-state index contributed by atoms with van der Waals surface area (Å²) in [5.41, 5.74) is -0.176. The minimum Gasteiger partial charge on any atom is -0.507 e. The molecule has 2 aromatic rings. The molecule has 0 saturated carbocycles. The van der Waals surface area contributed by atoms with Gasteiger partial charge in [-0.05, 0) is 25.8 Å². The number of rotatable bonds is 4. The summed E-state index contributed by atoms with van der Waals surface area (Å²) < 4.78 is 18.1. The molecule has 4 bridgehead atoms. The molecule has 4 heterocycles. The van der Waals surface area contributed by atoms with Gasteiger partial charge in [-0.2, -0.15) is 0 Å². The van der Waals surface area contributed by atoms with Crippen LogP contribution in [-0.2, 0) is 19.1 Å². The molecule has 2 aromatic carbocycles. The van der Waals surface area contributed by atoms with Crippen molar-refractivity contribution in [3.8, 4) is 17.2 Å².